The maximum absolute atomic E-state index is 13.1. The second-order valence-electron chi connectivity index (χ2n) is 8.20. The molecule has 1 atom stereocenters. The van der Waals surface area contributed by atoms with Crippen LogP contribution >= 0.6 is 0 Å². The predicted octanol–water partition coefficient (Wildman–Crippen LogP) is 4.80. The van der Waals surface area contributed by atoms with Crippen LogP contribution in [0.3, 0.4) is 0 Å². The quantitative estimate of drug-likeness (QED) is 0.322. The van der Waals surface area contributed by atoms with Gasteiger partial charge in [0, 0.05) is 12.1 Å². The molecule has 2 aromatic rings. The molecule has 176 valence electrons. The third kappa shape index (κ3) is 5.13. The molecule has 0 radical (unpaired) electrons. The van der Waals surface area contributed by atoms with E-state index in [2.05, 4.69) is 0 Å². The molecule has 2 N–H and O–H groups in total. The number of carbonyl (C=O) groups is 2. The number of aromatic hydroxyl groups is 1. The highest BCUT2D eigenvalue weighted by Gasteiger charge is 2.46. The minimum absolute atomic E-state index is 0.00219. The number of carbonyl (C=O) groups excluding carboxylic acids is 2. The first-order valence-corrected chi connectivity index (χ1v) is 11.3. The van der Waals surface area contributed by atoms with Crippen molar-refractivity contribution in [1.29, 1.82) is 0 Å². The lowest BCUT2D eigenvalue weighted by Gasteiger charge is -2.25. The van der Waals surface area contributed by atoms with Gasteiger partial charge in [-0.25, -0.2) is 0 Å². The van der Waals surface area contributed by atoms with Gasteiger partial charge in [-0.15, -0.1) is 0 Å². The number of nitrogens with zero attached hydrogens (tertiary/aromatic N) is 1. The molecule has 0 aliphatic carbocycles. The predicted molar refractivity (Wildman–Crippen MR) is 125 cm³/mol. The van der Waals surface area contributed by atoms with Crippen molar-refractivity contribution < 1.29 is 29.3 Å². The van der Waals surface area contributed by atoms with Gasteiger partial charge >= 0.3 is 0 Å². The highest BCUT2D eigenvalue weighted by atomic mass is 16.5. The van der Waals surface area contributed by atoms with Gasteiger partial charge in [0.15, 0.2) is 11.5 Å². The Morgan fingerprint density at radius 2 is 1.79 bits per heavy atom. The van der Waals surface area contributed by atoms with Crippen LogP contribution in [0.2, 0.25) is 0 Å². The van der Waals surface area contributed by atoms with Crippen molar-refractivity contribution in [2.75, 3.05) is 13.2 Å². The van der Waals surface area contributed by atoms with Crippen LogP contribution in [0.4, 0.5) is 0 Å². The number of rotatable bonds is 9. The molecule has 1 fully saturated rings. The van der Waals surface area contributed by atoms with Gasteiger partial charge in [-0.1, -0.05) is 19.4 Å². The van der Waals surface area contributed by atoms with Gasteiger partial charge in [0.2, 0.25) is 0 Å². The number of aliphatic hydroxyl groups is 1. The van der Waals surface area contributed by atoms with E-state index in [0.717, 1.165) is 6.42 Å². The Kier molecular flexibility index (Phi) is 7.63. The van der Waals surface area contributed by atoms with Crippen molar-refractivity contribution in [1.82, 2.24) is 4.90 Å². The molecule has 33 heavy (non-hydrogen) atoms. The van der Waals surface area contributed by atoms with Crippen LogP contribution in [0.1, 0.15) is 57.7 Å². The van der Waals surface area contributed by atoms with Crippen LogP contribution in [-0.2, 0) is 9.59 Å². The normalized spacial score (nSPS) is 17.6. The summed E-state index contributed by atoms with van der Waals surface area (Å²) in [6.07, 6.45) is 1.55. The number of amides is 1. The first-order valence-electron chi connectivity index (χ1n) is 11.3. The SMILES string of the molecule is CCCCN1C(=O)C(=O)/C(=C(\O)c2ccc(OC(C)C)cc2)C1c1ccc(O)c(OCC)c1. The molecule has 0 bridgehead atoms. The van der Waals surface area contributed by atoms with E-state index in [-0.39, 0.29) is 28.9 Å². The van der Waals surface area contributed by atoms with E-state index in [0.29, 0.717) is 36.4 Å². The molecular weight excluding hydrogens is 422 g/mol. The Hall–Kier alpha value is -3.48. The topological polar surface area (TPSA) is 96.3 Å². The molecule has 0 aromatic heterocycles. The molecule has 2 aromatic carbocycles. The molecule has 0 spiro atoms. The van der Waals surface area contributed by atoms with Gasteiger partial charge < -0.3 is 24.6 Å². The summed E-state index contributed by atoms with van der Waals surface area (Å²) in [7, 11) is 0. The number of ether oxygens (including phenoxy) is 2. The van der Waals surface area contributed by atoms with Crippen LogP contribution in [0, 0.1) is 0 Å². The summed E-state index contributed by atoms with van der Waals surface area (Å²) in [4.78, 5) is 27.5. The summed E-state index contributed by atoms with van der Waals surface area (Å²) in [5.41, 5.74) is 1.00. The number of aliphatic hydroxyl groups excluding tert-OH is 1. The molecule has 7 heteroatoms. The zero-order chi connectivity index (χ0) is 24.1. The zero-order valence-electron chi connectivity index (χ0n) is 19.5. The maximum atomic E-state index is 13.1. The Morgan fingerprint density at radius 3 is 2.39 bits per heavy atom. The molecule has 1 aliphatic rings. The number of phenols is 1. The summed E-state index contributed by atoms with van der Waals surface area (Å²) < 4.78 is 11.1. The summed E-state index contributed by atoms with van der Waals surface area (Å²) in [5, 5.41) is 21.3. The van der Waals surface area contributed by atoms with Crippen molar-refractivity contribution in [3.05, 3.63) is 59.2 Å². The number of benzene rings is 2. The molecule has 1 amide bonds. The van der Waals surface area contributed by atoms with E-state index in [9.17, 15) is 19.8 Å². The van der Waals surface area contributed by atoms with Gasteiger partial charge in [0.25, 0.3) is 11.7 Å². The second-order valence-corrected chi connectivity index (χ2v) is 8.20. The number of phenolic OH excluding ortho intramolecular Hbond substituents is 1. The Labute approximate surface area is 194 Å². The average molecular weight is 454 g/mol. The van der Waals surface area contributed by atoms with Crippen LogP contribution < -0.4 is 9.47 Å². The van der Waals surface area contributed by atoms with E-state index >= 15 is 0 Å². The third-order valence-corrected chi connectivity index (χ3v) is 5.39. The Balaban J connectivity index is 2.11. The molecule has 1 saturated heterocycles. The zero-order valence-corrected chi connectivity index (χ0v) is 19.5. The lowest BCUT2D eigenvalue weighted by Crippen LogP contribution is -2.30. The van der Waals surface area contributed by atoms with Crippen molar-refractivity contribution in [2.45, 2.75) is 52.7 Å². The number of ketones is 1. The van der Waals surface area contributed by atoms with Crippen LogP contribution in [0.5, 0.6) is 17.2 Å². The molecule has 0 saturated carbocycles. The highest BCUT2D eigenvalue weighted by Crippen LogP contribution is 2.42. The van der Waals surface area contributed by atoms with Gasteiger partial charge in [-0.05, 0) is 69.2 Å². The minimum atomic E-state index is -0.789. The first-order chi connectivity index (χ1) is 15.8. The fraction of sp³-hybridized carbons (Fsp3) is 0.385. The molecule has 1 aliphatic heterocycles. The van der Waals surface area contributed by atoms with E-state index < -0.39 is 17.7 Å². The Morgan fingerprint density at radius 1 is 1.09 bits per heavy atom. The van der Waals surface area contributed by atoms with Gasteiger partial charge in [-0.3, -0.25) is 9.59 Å². The van der Waals surface area contributed by atoms with Crippen molar-refractivity contribution in [3.63, 3.8) is 0 Å². The van der Waals surface area contributed by atoms with Gasteiger partial charge in [0.1, 0.15) is 11.5 Å². The van der Waals surface area contributed by atoms with E-state index in [1.807, 2.05) is 20.8 Å². The lowest BCUT2D eigenvalue weighted by molar-refractivity contribution is -0.139. The fourth-order valence-electron chi connectivity index (χ4n) is 3.88. The summed E-state index contributed by atoms with van der Waals surface area (Å²) in [5.74, 6) is -0.776. The van der Waals surface area contributed by atoms with E-state index in [1.165, 1.54) is 11.0 Å². The monoisotopic (exact) mass is 453 g/mol. The largest absolute Gasteiger partial charge is 0.507 e. The molecular formula is C26H31NO6. The van der Waals surface area contributed by atoms with Crippen molar-refractivity contribution in [2.24, 2.45) is 0 Å². The summed E-state index contributed by atoms with van der Waals surface area (Å²) in [6.45, 7) is 8.35. The average Bonchev–Trinajstić information content (AvgIpc) is 3.03. The van der Waals surface area contributed by atoms with Gasteiger partial charge in [0.05, 0.1) is 24.3 Å². The fourth-order valence-corrected chi connectivity index (χ4v) is 3.88. The maximum Gasteiger partial charge on any atom is 0.295 e. The second kappa shape index (κ2) is 10.4. The van der Waals surface area contributed by atoms with Crippen LogP contribution in [-0.4, -0.2) is 46.1 Å². The van der Waals surface area contributed by atoms with Crippen LogP contribution in [0.25, 0.3) is 5.76 Å². The smallest absolute Gasteiger partial charge is 0.295 e. The molecule has 7 nitrogen and oxygen atoms in total. The van der Waals surface area contributed by atoms with E-state index in [4.69, 9.17) is 9.47 Å². The number of hydrogen-bond acceptors (Lipinski definition) is 6. The number of hydrogen-bond donors (Lipinski definition) is 2. The van der Waals surface area contributed by atoms with Crippen molar-refractivity contribution in [3.8, 4) is 17.2 Å². The van der Waals surface area contributed by atoms with Crippen molar-refractivity contribution >= 4 is 17.4 Å². The number of likely N-dealkylation sites (tertiary alicyclic amines) is 1. The van der Waals surface area contributed by atoms with Gasteiger partial charge in [-0.2, -0.15) is 0 Å². The molecule has 1 unspecified atom stereocenters. The van der Waals surface area contributed by atoms with E-state index in [1.54, 1.807) is 43.3 Å². The number of Topliss-reactive ketones (excluding diaryl/α,β-unsaturated/α-hetero) is 1. The first kappa shape index (κ1) is 24.2. The summed E-state index contributed by atoms with van der Waals surface area (Å²) >= 11 is 0. The Bertz CT molecular complexity index is 1040. The summed E-state index contributed by atoms with van der Waals surface area (Å²) in [6, 6.07) is 10.7. The van der Waals surface area contributed by atoms with Crippen LogP contribution in [0.15, 0.2) is 48.0 Å². The standard InChI is InChI=1S/C26H31NO6/c1-5-7-14-27-23(18-10-13-20(28)21(15-18)32-6-2)22(25(30)26(27)31)24(29)17-8-11-19(12-9-17)33-16(3)4/h8-13,15-16,23,28-29H,5-7,14H2,1-4H3/b24-22-. The third-order valence-electron chi connectivity index (χ3n) is 5.39. The highest BCUT2D eigenvalue weighted by molar-refractivity contribution is 6.46. The minimum Gasteiger partial charge on any atom is -0.507 e. The molecule has 3 rings (SSSR count). The lowest BCUT2D eigenvalue weighted by atomic mass is 9.95. The molecule has 1 heterocycles. The number of unbranched alkanes of at least 4 members (excludes halogenated alkanes) is 1.